The molecule has 0 saturated carbocycles. The van der Waals surface area contributed by atoms with Crippen LogP contribution >= 0.6 is 27.5 Å². The zero-order valence-electron chi connectivity index (χ0n) is 12.9. The minimum absolute atomic E-state index is 0.500. The van der Waals surface area contributed by atoms with Crippen molar-refractivity contribution in [1.82, 2.24) is 9.97 Å². The number of benzene rings is 1. The summed E-state index contributed by atoms with van der Waals surface area (Å²) in [6, 6.07) is 6.46. The molecule has 2 rings (SSSR count). The lowest BCUT2D eigenvalue weighted by Gasteiger charge is -2.11. The van der Waals surface area contributed by atoms with Crippen LogP contribution in [0.2, 0.25) is 5.15 Å². The van der Waals surface area contributed by atoms with Gasteiger partial charge >= 0.3 is 0 Å². The molecule has 0 fully saturated rings. The van der Waals surface area contributed by atoms with E-state index in [1.54, 1.807) is 0 Å². The Morgan fingerprint density at radius 3 is 2.48 bits per heavy atom. The Kier molecular flexibility index (Phi) is 5.39. The number of hydrogen-bond donors (Lipinski definition) is 0. The van der Waals surface area contributed by atoms with Crippen LogP contribution in [0.4, 0.5) is 0 Å². The van der Waals surface area contributed by atoms with Crippen molar-refractivity contribution in [2.75, 3.05) is 0 Å². The SMILES string of the molecule is Cc1ccc(Cc2nc(Cl)c(Br)c(CC(C)C)n2)cc1C. The molecule has 0 spiro atoms. The summed E-state index contributed by atoms with van der Waals surface area (Å²) in [5.41, 5.74) is 4.79. The van der Waals surface area contributed by atoms with Gasteiger partial charge in [0.2, 0.25) is 0 Å². The molecule has 0 aliphatic rings. The Hall–Kier alpha value is -0.930. The molecule has 0 bridgehead atoms. The van der Waals surface area contributed by atoms with E-state index in [-0.39, 0.29) is 0 Å². The highest BCUT2D eigenvalue weighted by molar-refractivity contribution is 9.10. The third-order valence-corrected chi connectivity index (χ3v) is 4.80. The van der Waals surface area contributed by atoms with Crippen LogP contribution in [-0.2, 0) is 12.8 Å². The first kappa shape index (κ1) is 16.4. The van der Waals surface area contributed by atoms with E-state index >= 15 is 0 Å². The lowest BCUT2D eigenvalue weighted by Crippen LogP contribution is -2.05. The highest BCUT2D eigenvalue weighted by Gasteiger charge is 2.12. The topological polar surface area (TPSA) is 25.8 Å². The smallest absolute Gasteiger partial charge is 0.147 e. The van der Waals surface area contributed by atoms with Gasteiger partial charge in [0.1, 0.15) is 11.0 Å². The molecule has 0 N–H and O–H groups in total. The third kappa shape index (κ3) is 4.27. The summed E-state index contributed by atoms with van der Waals surface area (Å²) in [7, 11) is 0. The molecule has 1 aromatic heterocycles. The summed E-state index contributed by atoms with van der Waals surface area (Å²) < 4.78 is 0.821. The summed E-state index contributed by atoms with van der Waals surface area (Å²) in [6.07, 6.45) is 1.60. The van der Waals surface area contributed by atoms with E-state index in [1.807, 2.05) is 0 Å². The van der Waals surface area contributed by atoms with Gasteiger partial charge in [0.15, 0.2) is 0 Å². The first-order valence-corrected chi connectivity index (χ1v) is 8.30. The minimum Gasteiger partial charge on any atom is -0.236 e. The van der Waals surface area contributed by atoms with Crippen LogP contribution in [0.5, 0.6) is 0 Å². The maximum atomic E-state index is 6.23. The van der Waals surface area contributed by atoms with Crippen molar-refractivity contribution in [2.24, 2.45) is 5.92 Å². The van der Waals surface area contributed by atoms with Crippen molar-refractivity contribution < 1.29 is 0 Å². The normalized spacial score (nSPS) is 11.2. The van der Waals surface area contributed by atoms with Gasteiger partial charge in [0.05, 0.1) is 10.2 Å². The number of nitrogens with zero attached hydrogens (tertiary/aromatic N) is 2. The fraction of sp³-hybridized carbons (Fsp3) is 0.412. The fourth-order valence-electron chi connectivity index (χ4n) is 2.21. The van der Waals surface area contributed by atoms with E-state index < -0.39 is 0 Å². The molecule has 0 unspecified atom stereocenters. The summed E-state index contributed by atoms with van der Waals surface area (Å²) >= 11 is 9.72. The Labute approximate surface area is 140 Å². The maximum absolute atomic E-state index is 6.23. The van der Waals surface area contributed by atoms with Crippen LogP contribution in [0.3, 0.4) is 0 Å². The second-order valence-electron chi connectivity index (χ2n) is 5.88. The minimum atomic E-state index is 0.500. The van der Waals surface area contributed by atoms with Crippen LogP contribution in [-0.4, -0.2) is 9.97 Å². The van der Waals surface area contributed by atoms with E-state index in [9.17, 15) is 0 Å². The van der Waals surface area contributed by atoms with Crippen molar-refractivity contribution in [1.29, 1.82) is 0 Å². The van der Waals surface area contributed by atoms with Crippen LogP contribution in [0, 0.1) is 19.8 Å². The van der Waals surface area contributed by atoms with Gasteiger partial charge in [-0.15, -0.1) is 0 Å². The molecule has 2 aromatic rings. The molecule has 4 heteroatoms. The predicted molar refractivity (Wildman–Crippen MR) is 92.0 cm³/mol. The standard InChI is InChI=1S/C17H20BrClN2/c1-10(2)7-14-16(18)17(19)21-15(20-14)9-13-6-5-11(3)12(4)8-13/h5-6,8,10H,7,9H2,1-4H3. The number of aromatic nitrogens is 2. The zero-order valence-corrected chi connectivity index (χ0v) is 15.2. The maximum Gasteiger partial charge on any atom is 0.147 e. The molecular formula is C17H20BrClN2. The molecule has 0 radical (unpaired) electrons. The lowest BCUT2D eigenvalue weighted by atomic mass is 10.0. The summed E-state index contributed by atoms with van der Waals surface area (Å²) in [4.78, 5) is 9.07. The third-order valence-electron chi connectivity index (χ3n) is 3.46. The van der Waals surface area contributed by atoms with Crippen molar-refractivity contribution in [2.45, 2.75) is 40.5 Å². The van der Waals surface area contributed by atoms with Crippen molar-refractivity contribution in [3.8, 4) is 0 Å². The highest BCUT2D eigenvalue weighted by atomic mass is 79.9. The van der Waals surface area contributed by atoms with E-state index in [0.717, 1.165) is 22.4 Å². The molecule has 1 heterocycles. The molecular weight excluding hydrogens is 348 g/mol. The van der Waals surface area contributed by atoms with Crippen LogP contribution < -0.4 is 0 Å². The van der Waals surface area contributed by atoms with Crippen molar-refractivity contribution in [3.05, 3.63) is 56.0 Å². The summed E-state index contributed by atoms with van der Waals surface area (Å²) in [5.74, 6) is 1.31. The van der Waals surface area contributed by atoms with Crippen LogP contribution in [0.15, 0.2) is 22.7 Å². The van der Waals surface area contributed by atoms with Crippen molar-refractivity contribution >= 4 is 27.5 Å². The molecule has 2 nitrogen and oxygen atoms in total. The Bertz CT molecular complexity index is 653. The first-order chi connectivity index (χ1) is 9.86. The number of halogens is 2. The largest absolute Gasteiger partial charge is 0.236 e. The number of rotatable bonds is 4. The van der Waals surface area contributed by atoms with E-state index in [1.165, 1.54) is 16.7 Å². The Morgan fingerprint density at radius 2 is 1.86 bits per heavy atom. The fourth-order valence-corrected chi connectivity index (χ4v) is 2.75. The molecule has 0 amide bonds. The predicted octanol–water partition coefficient (Wildman–Crippen LogP) is 5.30. The number of hydrogen-bond acceptors (Lipinski definition) is 2. The average molecular weight is 368 g/mol. The van der Waals surface area contributed by atoms with Gasteiger partial charge in [-0.2, -0.15) is 0 Å². The molecule has 21 heavy (non-hydrogen) atoms. The van der Waals surface area contributed by atoms with Gasteiger partial charge in [0, 0.05) is 6.42 Å². The zero-order chi connectivity index (χ0) is 15.6. The molecule has 1 aromatic carbocycles. The van der Waals surface area contributed by atoms with Crippen molar-refractivity contribution in [3.63, 3.8) is 0 Å². The van der Waals surface area contributed by atoms with Gasteiger partial charge in [-0.3, -0.25) is 0 Å². The van der Waals surface area contributed by atoms with E-state index in [4.69, 9.17) is 11.6 Å². The Balaban J connectivity index is 2.31. The molecule has 112 valence electrons. The monoisotopic (exact) mass is 366 g/mol. The second-order valence-corrected chi connectivity index (χ2v) is 7.04. The second kappa shape index (κ2) is 6.89. The molecule has 0 aliphatic carbocycles. The molecule has 0 saturated heterocycles. The molecule has 0 atom stereocenters. The summed E-state index contributed by atoms with van der Waals surface area (Å²) in [6.45, 7) is 8.59. The first-order valence-electron chi connectivity index (χ1n) is 7.13. The van der Waals surface area contributed by atoms with E-state index in [2.05, 4.69) is 71.8 Å². The van der Waals surface area contributed by atoms with E-state index in [0.29, 0.717) is 17.5 Å². The quantitative estimate of drug-likeness (QED) is 0.685. The van der Waals surface area contributed by atoms with Gasteiger partial charge in [-0.25, -0.2) is 9.97 Å². The number of aryl methyl sites for hydroxylation is 2. The summed E-state index contributed by atoms with van der Waals surface area (Å²) in [5, 5.41) is 0.500. The lowest BCUT2D eigenvalue weighted by molar-refractivity contribution is 0.628. The van der Waals surface area contributed by atoms with Crippen LogP contribution in [0.25, 0.3) is 0 Å². The molecule has 0 aliphatic heterocycles. The van der Waals surface area contributed by atoms with Crippen LogP contribution in [0.1, 0.15) is 42.1 Å². The highest BCUT2D eigenvalue weighted by Crippen LogP contribution is 2.26. The average Bonchev–Trinajstić information content (AvgIpc) is 2.39. The van der Waals surface area contributed by atoms with Gasteiger partial charge in [-0.1, -0.05) is 43.6 Å². The van der Waals surface area contributed by atoms with Gasteiger partial charge < -0.3 is 0 Å². The van der Waals surface area contributed by atoms with Gasteiger partial charge in [-0.05, 0) is 58.8 Å². The Morgan fingerprint density at radius 1 is 1.14 bits per heavy atom. The van der Waals surface area contributed by atoms with Gasteiger partial charge in [0.25, 0.3) is 0 Å².